The van der Waals surface area contributed by atoms with E-state index < -0.39 is 5.97 Å². The third-order valence-electron chi connectivity index (χ3n) is 4.94. The Morgan fingerprint density at radius 2 is 1.24 bits per heavy atom. The summed E-state index contributed by atoms with van der Waals surface area (Å²) in [4.78, 5) is 33.1. The first-order chi connectivity index (χ1) is 16.1. The summed E-state index contributed by atoms with van der Waals surface area (Å²) < 4.78 is 0. The number of aryl methyl sites for hydroxylation is 1. The summed E-state index contributed by atoms with van der Waals surface area (Å²) in [6.07, 6.45) is 0. The van der Waals surface area contributed by atoms with Crippen molar-refractivity contribution in [1.29, 1.82) is 0 Å². The Morgan fingerprint density at radius 3 is 1.91 bits per heavy atom. The fourth-order valence-electron chi connectivity index (χ4n) is 3.20. The standard InChI is InChI=1S/C28H21NO3S/c1-20-10-8-9-15-25(20)26(29-32-28(31)22-11-4-2-5-12-22)27(30)21-16-18-24(19-17-21)33-23-13-6-3-7-14-23/h2-19H,1H3/b29-26-. The predicted octanol–water partition coefficient (Wildman–Crippen LogP) is 6.59. The van der Waals surface area contributed by atoms with Crippen LogP contribution in [0.1, 0.15) is 31.8 Å². The number of rotatable bonds is 7. The van der Waals surface area contributed by atoms with E-state index in [4.69, 9.17) is 4.84 Å². The molecule has 0 heterocycles. The summed E-state index contributed by atoms with van der Waals surface area (Å²) in [5.74, 6) is -0.939. The molecule has 0 unspecified atom stereocenters. The first kappa shape index (κ1) is 22.2. The molecule has 33 heavy (non-hydrogen) atoms. The van der Waals surface area contributed by atoms with Gasteiger partial charge in [-0.2, -0.15) is 0 Å². The zero-order chi connectivity index (χ0) is 23.0. The van der Waals surface area contributed by atoms with Gasteiger partial charge in [-0.15, -0.1) is 0 Å². The molecule has 0 aliphatic carbocycles. The van der Waals surface area contributed by atoms with E-state index in [2.05, 4.69) is 5.16 Å². The van der Waals surface area contributed by atoms with Crippen LogP contribution in [0, 0.1) is 6.92 Å². The molecule has 4 rings (SSSR count). The van der Waals surface area contributed by atoms with Gasteiger partial charge in [-0.25, -0.2) is 4.79 Å². The van der Waals surface area contributed by atoms with Crippen molar-refractivity contribution >= 4 is 29.2 Å². The van der Waals surface area contributed by atoms with E-state index in [0.29, 0.717) is 16.7 Å². The minimum atomic E-state index is -0.621. The lowest BCUT2D eigenvalue weighted by molar-refractivity contribution is 0.0516. The fourth-order valence-corrected chi connectivity index (χ4v) is 4.04. The Morgan fingerprint density at radius 1 is 0.667 bits per heavy atom. The zero-order valence-electron chi connectivity index (χ0n) is 18.0. The molecule has 0 radical (unpaired) electrons. The highest BCUT2D eigenvalue weighted by Gasteiger charge is 2.20. The molecule has 0 atom stereocenters. The average molecular weight is 452 g/mol. The number of carbonyl (C=O) groups excluding carboxylic acids is 2. The maximum Gasteiger partial charge on any atom is 0.365 e. The van der Waals surface area contributed by atoms with Crippen LogP contribution >= 0.6 is 11.8 Å². The number of nitrogens with zero attached hydrogens (tertiary/aromatic N) is 1. The number of oxime groups is 1. The summed E-state index contributed by atoms with van der Waals surface area (Å²) in [6.45, 7) is 1.89. The lowest BCUT2D eigenvalue weighted by Gasteiger charge is -2.09. The van der Waals surface area contributed by atoms with Gasteiger partial charge in [0.2, 0.25) is 5.78 Å². The normalized spacial score (nSPS) is 11.1. The van der Waals surface area contributed by atoms with E-state index in [9.17, 15) is 9.59 Å². The molecule has 0 aromatic heterocycles. The van der Waals surface area contributed by atoms with Gasteiger partial charge >= 0.3 is 5.97 Å². The van der Waals surface area contributed by atoms with Crippen LogP contribution in [0.4, 0.5) is 0 Å². The van der Waals surface area contributed by atoms with E-state index >= 15 is 0 Å². The second-order valence-corrected chi connectivity index (χ2v) is 8.42. The predicted molar refractivity (Wildman–Crippen MR) is 131 cm³/mol. The van der Waals surface area contributed by atoms with Crippen molar-refractivity contribution in [3.8, 4) is 0 Å². The third kappa shape index (κ3) is 5.64. The number of benzene rings is 4. The molecule has 0 spiro atoms. The summed E-state index contributed by atoms with van der Waals surface area (Å²) in [5.41, 5.74) is 2.38. The molecule has 0 fully saturated rings. The molecular formula is C28H21NO3S. The van der Waals surface area contributed by atoms with Crippen molar-refractivity contribution < 1.29 is 14.4 Å². The number of hydrogen-bond donors (Lipinski definition) is 0. The highest BCUT2D eigenvalue weighted by atomic mass is 32.2. The smallest absolute Gasteiger partial charge is 0.312 e. The van der Waals surface area contributed by atoms with Gasteiger partial charge in [-0.05, 0) is 61.0 Å². The van der Waals surface area contributed by atoms with Crippen LogP contribution in [-0.4, -0.2) is 17.5 Å². The van der Waals surface area contributed by atoms with E-state index in [1.807, 2.05) is 73.7 Å². The van der Waals surface area contributed by atoms with E-state index in [1.165, 1.54) is 0 Å². The van der Waals surface area contributed by atoms with Gasteiger partial charge in [-0.1, -0.05) is 77.6 Å². The summed E-state index contributed by atoms with van der Waals surface area (Å²) in [5, 5.41) is 4.01. The Kier molecular flexibility index (Phi) is 7.12. The van der Waals surface area contributed by atoms with Gasteiger partial charge in [0, 0.05) is 20.9 Å². The Hall–Kier alpha value is -3.96. The highest BCUT2D eigenvalue weighted by Crippen LogP contribution is 2.27. The van der Waals surface area contributed by atoms with Crippen LogP contribution in [0.25, 0.3) is 0 Å². The topological polar surface area (TPSA) is 55.7 Å². The lowest BCUT2D eigenvalue weighted by Crippen LogP contribution is -2.18. The van der Waals surface area contributed by atoms with Crippen molar-refractivity contribution in [3.05, 3.63) is 131 Å². The minimum Gasteiger partial charge on any atom is -0.312 e. The molecule has 4 aromatic rings. The van der Waals surface area contributed by atoms with Gasteiger partial charge in [0.05, 0.1) is 5.56 Å². The van der Waals surface area contributed by atoms with Gasteiger partial charge in [0.25, 0.3) is 0 Å². The summed E-state index contributed by atoms with van der Waals surface area (Å²) in [6, 6.07) is 33.3. The maximum atomic E-state index is 13.4. The molecule has 0 aliphatic heterocycles. The molecule has 5 heteroatoms. The first-order valence-electron chi connectivity index (χ1n) is 10.4. The molecule has 0 saturated carbocycles. The van der Waals surface area contributed by atoms with E-state index in [1.54, 1.807) is 54.2 Å². The lowest BCUT2D eigenvalue weighted by atomic mass is 9.97. The van der Waals surface area contributed by atoms with Gasteiger partial charge in [0.15, 0.2) is 5.71 Å². The Labute approximate surface area is 196 Å². The highest BCUT2D eigenvalue weighted by molar-refractivity contribution is 7.99. The molecule has 0 amide bonds. The van der Waals surface area contributed by atoms with Crippen LogP contribution in [0.15, 0.2) is 124 Å². The van der Waals surface area contributed by atoms with Crippen LogP contribution in [0.5, 0.6) is 0 Å². The van der Waals surface area contributed by atoms with Crippen LogP contribution < -0.4 is 0 Å². The third-order valence-corrected chi connectivity index (χ3v) is 5.96. The van der Waals surface area contributed by atoms with Crippen LogP contribution in [0.2, 0.25) is 0 Å². The molecule has 0 N–H and O–H groups in total. The molecule has 4 aromatic carbocycles. The molecule has 0 bridgehead atoms. The van der Waals surface area contributed by atoms with Crippen LogP contribution in [0.3, 0.4) is 0 Å². The van der Waals surface area contributed by atoms with Crippen molar-refractivity contribution in [2.75, 3.05) is 0 Å². The number of Topliss-reactive ketones (excluding diaryl/α,β-unsaturated/α-hetero) is 1. The quantitative estimate of drug-likeness (QED) is 0.138. The molecular weight excluding hydrogens is 430 g/mol. The first-order valence-corrected chi connectivity index (χ1v) is 11.2. The zero-order valence-corrected chi connectivity index (χ0v) is 18.8. The maximum absolute atomic E-state index is 13.4. The van der Waals surface area contributed by atoms with Gasteiger partial charge < -0.3 is 4.84 Å². The number of ketones is 1. The van der Waals surface area contributed by atoms with E-state index in [0.717, 1.165) is 15.4 Å². The second-order valence-electron chi connectivity index (χ2n) is 7.27. The Bertz CT molecular complexity index is 1280. The molecule has 0 aliphatic rings. The SMILES string of the molecule is Cc1ccccc1/C(=N/OC(=O)c1ccccc1)C(=O)c1ccc(Sc2ccccc2)cc1. The molecule has 162 valence electrons. The van der Waals surface area contributed by atoms with Crippen molar-refractivity contribution in [1.82, 2.24) is 0 Å². The van der Waals surface area contributed by atoms with Gasteiger partial charge in [0.1, 0.15) is 0 Å². The Balaban J connectivity index is 1.60. The summed E-state index contributed by atoms with van der Waals surface area (Å²) in [7, 11) is 0. The second kappa shape index (κ2) is 10.6. The van der Waals surface area contributed by atoms with E-state index in [-0.39, 0.29) is 11.5 Å². The molecule has 0 saturated heterocycles. The number of hydrogen-bond acceptors (Lipinski definition) is 5. The molecule has 4 nitrogen and oxygen atoms in total. The van der Waals surface area contributed by atoms with Crippen molar-refractivity contribution in [3.63, 3.8) is 0 Å². The average Bonchev–Trinajstić information content (AvgIpc) is 2.86. The summed E-state index contributed by atoms with van der Waals surface area (Å²) >= 11 is 1.62. The largest absolute Gasteiger partial charge is 0.365 e. The fraction of sp³-hybridized carbons (Fsp3) is 0.0357. The van der Waals surface area contributed by atoms with Crippen molar-refractivity contribution in [2.24, 2.45) is 5.16 Å². The van der Waals surface area contributed by atoms with Crippen LogP contribution in [-0.2, 0) is 4.84 Å². The minimum absolute atomic E-state index is 0.0841. The van der Waals surface area contributed by atoms with Crippen molar-refractivity contribution in [2.45, 2.75) is 16.7 Å². The van der Waals surface area contributed by atoms with Gasteiger partial charge in [-0.3, -0.25) is 4.79 Å². The monoisotopic (exact) mass is 451 g/mol. The number of carbonyl (C=O) groups is 2.